The minimum atomic E-state index is 0.933. The summed E-state index contributed by atoms with van der Waals surface area (Å²) in [5, 5.41) is 2.43. The van der Waals surface area contributed by atoms with Gasteiger partial charge in [-0.3, -0.25) is 9.97 Å². The minimum absolute atomic E-state index is 0.933. The smallest absolute Gasteiger partial charge is 0.140 e. The second kappa shape index (κ2) is 9.28. The van der Waals surface area contributed by atoms with E-state index in [1.54, 1.807) is 0 Å². The number of aromatic nitrogens is 5. The number of aryl methyl sites for hydroxylation is 1. The Balaban J connectivity index is 1.40. The number of fused-ring (bicyclic) bond motifs is 4. The maximum Gasteiger partial charge on any atom is 0.140 e. The van der Waals surface area contributed by atoms with E-state index >= 15 is 0 Å². The first-order valence-corrected chi connectivity index (χ1v) is 13.7. The van der Waals surface area contributed by atoms with Crippen LogP contribution in [-0.2, 0) is 7.05 Å². The second-order valence-corrected chi connectivity index (χ2v) is 10.2. The average molecular weight is 528 g/mol. The Hall–Kier alpha value is -5.55. The molecule has 0 saturated heterocycles. The summed E-state index contributed by atoms with van der Waals surface area (Å²) >= 11 is 0. The van der Waals surface area contributed by atoms with Crippen molar-refractivity contribution in [1.29, 1.82) is 0 Å². The third-order valence-electron chi connectivity index (χ3n) is 7.91. The van der Waals surface area contributed by atoms with E-state index in [-0.39, 0.29) is 0 Å². The van der Waals surface area contributed by atoms with Crippen molar-refractivity contribution in [1.82, 2.24) is 24.1 Å². The molecule has 8 rings (SSSR count). The zero-order chi connectivity index (χ0) is 27.3. The van der Waals surface area contributed by atoms with Gasteiger partial charge in [0.1, 0.15) is 5.82 Å². The van der Waals surface area contributed by atoms with Crippen molar-refractivity contribution in [2.24, 2.45) is 7.05 Å². The van der Waals surface area contributed by atoms with Crippen LogP contribution in [-0.4, -0.2) is 24.1 Å². The largest absolute Gasteiger partial charge is 0.327 e. The second-order valence-electron chi connectivity index (χ2n) is 10.2. The standard InChI is InChI=1S/C36H25N5/c1-40-34-12-5-3-10-32(34)39-36(40)25-13-15-29-28-8-2-4-11-33(28)41(35(29)22-25)26-14-16-27(24-17-20-37-21-18-24)30(23-26)31-9-6-7-19-38-31/h2-23H,1H3. The Morgan fingerprint density at radius 1 is 0.561 bits per heavy atom. The zero-order valence-electron chi connectivity index (χ0n) is 22.4. The lowest BCUT2D eigenvalue weighted by molar-refractivity contribution is 0.959. The summed E-state index contributed by atoms with van der Waals surface area (Å²) in [6, 6.07) is 40.4. The summed E-state index contributed by atoms with van der Waals surface area (Å²) in [5.74, 6) is 0.951. The molecule has 0 saturated carbocycles. The fourth-order valence-corrected chi connectivity index (χ4v) is 5.98. The molecule has 0 amide bonds. The first-order chi connectivity index (χ1) is 20.3. The van der Waals surface area contributed by atoms with E-state index in [0.717, 1.165) is 61.5 Å². The highest BCUT2D eigenvalue weighted by atomic mass is 15.1. The summed E-state index contributed by atoms with van der Waals surface area (Å²) in [6.45, 7) is 0. The van der Waals surface area contributed by atoms with Gasteiger partial charge in [-0.2, -0.15) is 0 Å². The van der Waals surface area contributed by atoms with Crippen molar-refractivity contribution in [2.75, 3.05) is 0 Å². The van der Waals surface area contributed by atoms with Gasteiger partial charge in [-0.05, 0) is 71.8 Å². The molecule has 0 aliphatic heterocycles. The summed E-state index contributed by atoms with van der Waals surface area (Å²) in [6.07, 6.45) is 5.52. The molecule has 4 aromatic carbocycles. The molecule has 0 unspecified atom stereocenters. The number of pyridine rings is 2. The third kappa shape index (κ3) is 3.74. The predicted octanol–water partition coefficient (Wildman–Crippen LogP) is 8.46. The molecule has 0 aliphatic rings. The monoisotopic (exact) mass is 527 g/mol. The molecule has 0 fully saturated rings. The highest BCUT2D eigenvalue weighted by Crippen LogP contribution is 2.38. The van der Waals surface area contributed by atoms with Crippen LogP contribution in [0.15, 0.2) is 134 Å². The molecule has 41 heavy (non-hydrogen) atoms. The molecular formula is C36H25N5. The first-order valence-electron chi connectivity index (χ1n) is 13.7. The molecule has 4 heterocycles. The number of hydrogen-bond acceptors (Lipinski definition) is 3. The van der Waals surface area contributed by atoms with E-state index in [9.17, 15) is 0 Å². The van der Waals surface area contributed by atoms with Crippen molar-refractivity contribution in [3.05, 3.63) is 134 Å². The molecule has 0 atom stereocenters. The third-order valence-corrected chi connectivity index (χ3v) is 7.91. The minimum Gasteiger partial charge on any atom is -0.327 e. The van der Waals surface area contributed by atoms with E-state index in [2.05, 4.69) is 106 Å². The lowest BCUT2D eigenvalue weighted by atomic mass is 9.97. The van der Waals surface area contributed by atoms with E-state index < -0.39 is 0 Å². The molecule has 4 aromatic heterocycles. The van der Waals surface area contributed by atoms with Gasteiger partial charge in [0.2, 0.25) is 0 Å². The SMILES string of the molecule is Cn1c(-c2ccc3c4ccccc4n(-c4ccc(-c5ccncc5)c(-c5ccccn5)c4)c3c2)nc2ccccc21. The van der Waals surface area contributed by atoms with Crippen molar-refractivity contribution >= 4 is 32.8 Å². The maximum atomic E-state index is 4.98. The Labute approximate surface area is 237 Å². The molecule has 0 N–H and O–H groups in total. The molecule has 0 radical (unpaired) electrons. The topological polar surface area (TPSA) is 48.5 Å². The molecule has 5 heteroatoms. The normalized spacial score (nSPS) is 11.5. The first kappa shape index (κ1) is 23.3. The van der Waals surface area contributed by atoms with Crippen LogP contribution >= 0.6 is 0 Å². The van der Waals surface area contributed by atoms with Crippen LogP contribution < -0.4 is 0 Å². The maximum absolute atomic E-state index is 4.98. The van der Waals surface area contributed by atoms with Gasteiger partial charge in [-0.25, -0.2) is 4.98 Å². The summed E-state index contributed by atoms with van der Waals surface area (Å²) in [7, 11) is 2.08. The zero-order valence-corrected chi connectivity index (χ0v) is 22.4. The molecule has 8 aromatic rings. The van der Waals surface area contributed by atoms with E-state index in [1.165, 1.54) is 10.8 Å². The molecule has 0 bridgehead atoms. The van der Waals surface area contributed by atoms with Crippen molar-refractivity contribution in [2.45, 2.75) is 0 Å². The quantitative estimate of drug-likeness (QED) is 0.231. The molecule has 0 spiro atoms. The van der Waals surface area contributed by atoms with Gasteiger partial charge >= 0.3 is 0 Å². The Morgan fingerprint density at radius 3 is 2.17 bits per heavy atom. The van der Waals surface area contributed by atoms with Gasteiger partial charge < -0.3 is 9.13 Å². The van der Waals surface area contributed by atoms with Crippen LogP contribution in [0.4, 0.5) is 0 Å². The fourth-order valence-electron chi connectivity index (χ4n) is 5.98. The summed E-state index contributed by atoms with van der Waals surface area (Å²) in [4.78, 5) is 13.9. The lowest BCUT2D eigenvalue weighted by Crippen LogP contribution is -1.97. The van der Waals surface area contributed by atoms with Crippen LogP contribution in [0.5, 0.6) is 0 Å². The molecule has 194 valence electrons. The van der Waals surface area contributed by atoms with Gasteiger partial charge in [-0.15, -0.1) is 0 Å². The van der Waals surface area contributed by atoms with Crippen molar-refractivity contribution in [3.63, 3.8) is 0 Å². The Kier molecular flexibility index (Phi) is 5.28. The van der Waals surface area contributed by atoms with E-state index in [4.69, 9.17) is 9.97 Å². The van der Waals surface area contributed by atoms with Crippen LogP contribution in [0.1, 0.15) is 0 Å². The van der Waals surface area contributed by atoms with Gasteiger partial charge in [0.25, 0.3) is 0 Å². The van der Waals surface area contributed by atoms with Crippen LogP contribution in [0.3, 0.4) is 0 Å². The number of rotatable bonds is 4. The highest BCUT2D eigenvalue weighted by Gasteiger charge is 2.17. The van der Waals surface area contributed by atoms with Gasteiger partial charge in [-0.1, -0.05) is 54.6 Å². The molecule has 0 aliphatic carbocycles. The van der Waals surface area contributed by atoms with Crippen molar-refractivity contribution in [3.8, 4) is 39.5 Å². The van der Waals surface area contributed by atoms with E-state index in [0.29, 0.717) is 0 Å². The molecular weight excluding hydrogens is 502 g/mol. The van der Waals surface area contributed by atoms with Crippen LogP contribution in [0.2, 0.25) is 0 Å². The lowest BCUT2D eigenvalue weighted by Gasteiger charge is -2.15. The number of para-hydroxylation sites is 3. The Morgan fingerprint density at radius 2 is 1.34 bits per heavy atom. The predicted molar refractivity (Wildman–Crippen MR) is 167 cm³/mol. The van der Waals surface area contributed by atoms with Crippen LogP contribution in [0, 0.1) is 0 Å². The van der Waals surface area contributed by atoms with Gasteiger partial charge in [0.15, 0.2) is 0 Å². The molecule has 5 nitrogen and oxygen atoms in total. The van der Waals surface area contributed by atoms with Crippen LogP contribution in [0.25, 0.3) is 72.3 Å². The number of hydrogen-bond donors (Lipinski definition) is 0. The van der Waals surface area contributed by atoms with Gasteiger partial charge in [0.05, 0.1) is 27.8 Å². The Bertz CT molecular complexity index is 2210. The number of benzene rings is 4. The highest BCUT2D eigenvalue weighted by molar-refractivity contribution is 6.10. The summed E-state index contributed by atoms with van der Waals surface area (Å²) in [5.41, 5.74) is 10.8. The summed E-state index contributed by atoms with van der Waals surface area (Å²) < 4.78 is 4.53. The number of nitrogens with zero attached hydrogens (tertiary/aromatic N) is 5. The number of imidazole rings is 1. The van der Waals surface area contributed by atoms with E-state index in [1.807, 2.05) is 48.9 Å². The van der Waals surface area contributed by atoms with Gasteiger partial charge in [0, 0.05) is 53.2 Å². The van der Waals surface area contributed by atoms with Crippen molar-refractivity contribution < 1.29 is 0 Å². The fraction of sp³-hybridized carbons (Fsp3) is 0.0278. The average Bonchev–Trinajstić information content (AvgIpc) is 3.56.